The largest absolute Gasteiger partial charge is 0.452 e. The van der Waals surface area contributed by atoms with Gasteiger partial charge in [-0.05, 0) is 6.92 Å². The second kappa shape index (κ2) is 5.34. The number of nitrogens with two attached hydrogens (primary N) is 1. The van der Waals surface area contributed by atoms with E-state index < -0.39 is 18.5 Å². The lowest BCUT2D eigenvalue weighted by Crippen LogP contribution is -2.21. The van der Waals surface area contributed by atoms with Gasteiger partial charge in [-0.3, -0.25) is 4.79 Å². The third-order valence-corrected chi connectivity index (χ3v) is 2.46. The molecule has 1 aromatic carbocycles. The molecule has 0 saturated heterocycles. The van der Waals surface area contributed by atoms with Crippen LogP contribution in [0.5, 0.6) is 0 Å². The van der Waals surface area contributed by atoms with Crippen LogP contribution in [0.4, 0.5) is 0 Å². The van der Waals surface area contributed by atoms with Crippen LogP contribution in [0.3, 0.4) is 0 Å². The lowest BCUT2D eigenvalue weighted by Gasteiger charge is -2.03. The van der Waals surface area contributed by atoms with Gasteiger partial charge < -0.3 is 15.0 Å². The van der Waals surface area contributed by atoms with Crippen LogP contribution in [-0.2, 0) is 9.53 Å². The van der Waals surface area contributed by atoms with E-state index in [1.807, 2.05) is 18.2 Å². The molecule has 1 amide bonds. The Morgan fingerprint density at radius 3 is 2.63 bits per heavy atom. The first-order valence-electron chi connectivity index (χ1n) is 5.56. The summed E-state index contributed by atoms with van der Waals surface area (Å²) in [6, 6.07) is 9.07. The molecule has 2 rings (SSSR count). The van der Waals surface area contributed by atoms with Gasteiger partial charge in [-0.25, -0.2) is 4.79 Å². The van der Waals surface area contributed by atoms with E-state index in [1.54, 1.807) is 19.1 Å². The molecule has 0 atom stereocenters. The molecule has 0 aliphatic rings. The standard InChI is InChI=1S/C13H12N2O4/c1-8-11(13(17)18-7-10(14)16)12(15-19-8)9-5-3-2-4-6-9/h2-6H,7H2,1H3,(H2,14,16). The van der Waals surface area contributed by atoms with Gasteiger partial charge in [0.2, 0.25) is 0 Å². The van der Waals surface area contributed by atoms with Gasteiger partial charge in [-0.1, -0.05) is 35.5 Å². The van der Waals surface area contributed by atoms with Gasteiger partial charge in [-0.15, -0.1) is 0 Å². The van der Waals surface area contributed by atoms with Crippen LogP contribution in [0.15, 0.2) is 34.9 Å². The highest BCUT2D eigenvalue weighted by Gasteiger charge is 2.23. The van der Waals surface area contributed by atoms with Gasteiger partial charge in [0.25, 0.3) is 5.91 Å². The summed E-state index contributed by atoms with van der Waals surface area (Å²) in [6.07, 6.45) is 0. The smallest absolute Gasteiger partial charge is 0.344 e. The van der Waals surface area contributed by atoms with Gasteiger partial charge in [0.1, 0.15) is 17.0 Å². The minimum absolute atomic E-state index is 0.201. The van der Waals surface area contributed by atoms with Crippen LogP contribution in [0.1, 0.15) is 16.1 Å². The van der Waals surface area contributed by atoms with Crippen molar-refractivity contribution in [1.29, 1.82) is 0 Å². The third-order valence-electron chi connectivity index (χ3n) is 2.46. The Bertz CT molecular complexity index is 604. The van der Waals surface area contributed by atoms with Crippen molar-refractivity contribution in [3.63, 3.8) is 0 Å². The molecule has 0 aliphatic carbocycles. The number of amides is 1. The van der Waals surface area contributed by atoms with Crippen molar-refractivity contribution in [2.75, 3.05) is 6.61 Å². The number of hydrogen-bond donors (Lipinski definition) is 1. The van der Waals surface area contributed by atoms with E-state index in [2.05, 4.69) is 5.16 Å². The maximum absolute atomic E-state index is 11.9. The van der Waals surface area contributed by atoms with Gasteiger partial charge in [0.05, 0.1) is 0 Å². The van der Waals surface area contributed by atoms with Crippen molar-refractivity contribution in [3.8, 4) is 11.3 Å². The third kappa shape index (κ3) is 2.79. The summed E-state index contributed by atoms with van der Waals surface area (Å²) in [5.74, 6) is -1.08. The summed E-state index contributed by atoms with van der Waals surface area (Å²) >= 11 is 0. The van der Waals surface area contributed by atoms with Gasteiger partial charge in [0, 0.05) is 5.56 Å². The topological polar surface area (TPSA) is 95.4 Å². The molecule has 6 heteroatoms. The number of benzene rings is 1. The monoisotopic (exact) mass is 260 g/mol. The van der Waals surface area contributed by atoms with Crippen molar-refractivity contribution in [3.05, 3.63) is 41.7 Å². The Labute approximate surface area is 109 Å². The molecule has 1 heterocycles. The normalized spacial score (nSPS) is 10.2. The highest BCUT2D eigenvalue weighted by Crippen LogP contribution is 2.25. The number of hydrogen-bond acceptors (Lipinski definition) is 5. The minimum Gasteiger partial charge on any atom is -0.452 e. The number of carbonyl (C=O) groups excluding carboxylic acids is 2. The Morgan fingerprint density at radius 1 is 1.32 bits per heavy atom. The summed E-state index contributed by atoms with van der Waals surface area (Å²) in [4.78, 5) is 22.5. The van der Waals surface area contributed by atoms with E-state index >= 15 is 0 Å². The lowest BCUT2D eigenvalue weighted by molar-refractivity contribution is -0.121. The molecule has 0 unspecified atom stereocenters. The summed E-state index contributed by atoms with van der Waals surface area (Å²) in [5, 5.41) is 3.84. The molecule has 98 valence electrons. The van der Waals surface area contributed by atoms with E-state index in [-0.39, 0.29) is 5.56 Å². The number of primary amides is 1. The maximum Gasteiger partial charge on any atom is 0.344 e. The van der Waals surface area contributed by atoms with Gasteiger partial charge >= 0.3 is 5.97 Å². The molecule has 2 aromatic rings. The number of ether oxygens (including phenoxy) is 1. The first kappa shape index (κ1) is 12.8. The van der Waals surface area contributed by atoms with E-state index in [0.717, 1.165) is 5.56 Å². The zero-order valence-corrected chi connectivity index (χ0v) is 10.3. The highest BCUT2D eigenvalue weighted by molar-refractivity contribution is 5.97. The van der Waals surface area contributed by atoms with E-state index in [9.17, 15) is 9.59 Å². The van der Waals surface area contributed by atoms with Crippen LogP contribution in [0, 0.1) is 6.92 Å². The molecule has 0 bridgehead atoms. The van der Waals surface area contributed by atoms with Crippen LogP contribution in [0.25, 0.3) is 11.3 Å². The molecule has 0 saturated carbocycles. The van der Waals surface area contributed by atoms with E-state index in [0.29, 0.717) is 11.5 Å². The quantitative estimate of drug-likeness (QED) is 0.836. The number of aryl methyl sites for hydroxylation is 1. The fourth-order valence-corrected chi connectivity index (χ4v) is 1.61. The van der Waals surface area contributed by atoms with Crippen molar-refractivity contribution >= 4 is 11.9 Å². The summed E-state index contributed by atoms with van der Waals surface area (Å²) in [6.45, 7) is 1.12. The zero-order valence-electron chi connectivity index (χ0n) is 10.3. The Balaban J connectivity index is 2.33. The molecule has 0 fully saturated rings. The van der Waals surface area contributed by atoms with Crippen LogP contribution >= 0.6 is 0 Å². The highest BCUT2D eigenvalue weighted by atomic mass is 16.5. The van der Waals surface area contributed by atoms with Crippen molar-refractivity contribution < 1.29 is 18.8 Å². The Hall–Kier alpha value is -2.63. The second-order valence-electron chi connectivity index (χ2n) is 3.87. The lowest BCUT2D eigenvalue weighted by atomic mass is 10.1. The Morgan fingerprint density at radius 2 is 2.00 bits per heavy atom. The molecule has 0 aliphatic heterocycles. The molecule has 1 aromatic heterocycles. The molecule has 19 heavy (non-hydrogen) atoms. The van der Waals surface area contributed by atoms with Crippen molar-refractivity contribution in [2.45, 2.75) is 6.92 Å². The van der Waals surface area contributed by atoms with Crippen molar-refractivity contribution in [2.24, 2.45) is 5.73 Å². The Kier molecular flexibility index (Phi) is 3.61. The number of esters is 1. The van der Waals surface area contributed by atoms with Crippen molar-refractivity contribution in [1.82, 2.24) is 5.16 Å². The number of aromatic nitrogens is 1. The molecule has 6 nitrogen and oxygen atoms in total. The maximum atomic E-state index is 11.9. The molecular formula is C13H12N2O4. The average molecular weight is 260 g/mol. The van der Waals surface area contributed by atoms with Crippen LogP contribution < -0.4 is 5.73 Å². The number of nitrogens with zero attached hydrogens (tertiary/aromatic N) is 1. The molecule has 0 radical (unpaired) electrons. The molecular weight excluding hydrogens is 248 g/mol. The fraction of sp³-hybridized carbons (Fsp3) is 0.154. The predicted molar refractivity (Wildman–Crippen MR) is 66.2 cm³/mol. The molecule has 2 N–H and O–H groups in total. The predicted octanol–water partition coefficient (Wildman–Crippen LogP) is 1.29. The SMILES string of the molecule is Cc1onc(-c2ccccc2)c1C(=O)OCC(N)=O. The van der Waals surface area contributed by atoms with Gasteiger partial charge in [0.15, 0.2) is 6.61 Å². The van der Waals surface area contributed by atoms with Crippen LogP contribution in [-0.4, -0.2) is 23.6 Å². The summed E-state index contributed by atoms with van der Waals surface area (Å²) in [5.41, 5.74) is 6.24. The summed E-state index contributed by atoms with van der Waals surface area (Å²) in [7, 11) is 0. The minimum atomic E-state index is -0.719. The van der Waals surface area contributed by atoms with E-state index in [1.165, 1.54) is 0 Å². The molecule has 0 spiro atoms. The van der Waals surface area contributed by atoms with Gasteiger partial charge in [-0.2, -0.15) is 0 Å². The fourth-order valence-electron chi connectivity index (χ4n) is 1.61. The van der Waals surface area contributed by atoms with Crippen LogP contribution in [0.2, 0.25) is 0 Å². The first-order chi connectivity index (χ1) is 9.09. The van der Waals surface area contributed by atoms with E-state index in [4.69, 9.17) is 15.0 Å². The average Bonchev–Trinajstić information content (AvgIpc) is 2.79. The zero-order chi connectivity index (χ0) is 13.8. The second-order valence-corrected chi connectivity index (χ2v) is 3.87. The first-order valence-corrected chi connectivity index (χ1v) is 5.56. The number of carbonyl (C=O) groups is 2. The number of rotatable bonds is 4. The summed E-state index contributed by atoms with van der Waals surface area (Å²) < 4.78 is 9.79.